The van der Waals surface area contributed by atoms with Gasteiger partial charge in [-0.2, -0.15) is 5.26 Å². The average molecular weight is 398 g/mol. The molecule has 0 aliphatic heterocycles. The first-order chi connectivity index (χ1) is 14.7. The lowest BCUT2D eigenvalue weighted by molar-refractivity contribution is -0.118. The van der Waals surface area contributed by atoms with Crippen LogP contribution in [0.15, 0.2) is 66.7 Å². The first-order valence-corrected chi connectivity index (χ1v) is 9.96. The molecule has 0 spiro atoms. The summed E-state index contributed by atoms with van der Waals surface area (Å²) in [6, 6.07) is 22.7. The van der Waals surface area contributed by atoms with Crippen molar-refractivity contribution in [2.45, 2.75) is 25.9 Å². The smallest absolute Gasteiger partial charge is 0.262 e. The number of benzene rings is 3. The van der Waals surface area contributed by atoms with E-state index in [1.807, 2.05) is 36.4 Å². The van der Waals surface area contributed by atoms with Crippen LogP contribution in [-0.2, 0) is 24.2 Å². The molecule has 0 saturated carbocycles. The van der Waals surface area contributed by atoms with Crippen molar-refractivity contribution >= 4 is 11.6 Å². The second-order valence-electron chi connectivity index (χ2n) is 7.25. The normalized spacial score (nSPS) is 12.0. The highest BCUT2D eigenvalue weighted by Crippen LogP contribution is 2.26. The SMILES string of the molecule is N#Cc1cccc(COc2cccc(NC(=O)COc3ccc4c(c3)CCC4)c2)c1. The average Bonchev–Trinajstić information content (AvgIpc) is 3.25. The number of hydrogen-bond donors (Lipinski definition) is 1. The van der Waals surface area contributed by atoms with Crippen molar-refractivity contribution in [2.75, 3.05) is 11.9 Å². The molecule has 4 rings (SSSR count). The summed E-state index contributed by atoms with van der Waals surface area (Å²) in [5.74, 6) is 1.13. The molecule has 3 aromatic carbocycles. The van der Waals surface area contributed by atoms with Crippen LogP contribution in [0.5, 0.6) is 11.5 Å². The van der Waals surface area contributed by atoms with Crippen LogP contribution in [0.2, 0.25) is 0 Å². The third-order valence-electron chi connectivity index (χ3n) is 5.02. The summed E-state index contributed by atoms with van der Waals surface area (Å²) in [5.41, 5.74) is 4.84. The summed E-state index contributed by atoms with van der Waals surface area (Å²) >= 11 is 0. The predicted octanol–water partition coefficient (Wildman–Crippen LogP) is 4.64. The van der Waals surface area contributed by atoms with E-state index in [1.165, 1.54) is 17.5 Å². The van der Waals surface area contributed by atoms with Gasteiger partial charge in [0.05, 0.1) is 11.6 Å². The maximum absolute atomic E-state index is 12.3. The van der Waals surface area contributed by atoms with Crippen LogP contribution >= 0.6 is 0 Å². The van der Waals surface area contributed by atoms with Gasteiger partial charge in [-0.05, 0) is 72.4 Å². The number of nitrogens with one attached hydrogen (secondary N) is 1. The third kappa shape index (κ3) is 4.98. The van der Waals surface area contributed by atoms with Gasteiger partial charge in [-0.15, -0.1) is 0 Å². The highest BCUT2D eigenvalue weighted by molar-refractivity contribution is 5.92. The summed E-state index contributed by atoms with van der Waals surface area (Å²) < 4.78 is 11.4. The molecule has 1 amide bonds. The molecule has 5 nitrogen and oxygen atoms in total. The fourth-order valence-corrected chi connectivity index (χ4v) is 3.54. The van der Waals surface area contributed by atoms with Gasteiger partial charge in [0.2, 0.25) is 0 Å². The van der Waals surface area contributed by atoms with Crippen LogP contribution in [-0.4, -0.2) is 12.5 Å². The number of ether oxygens (including phenoxy) is 2. The minimum absolute atomic E-state index is 0.0508. The van der Waals surface area contributed by atoms with E-state index < -0.39 is 0 Å². The van der Waals surface area contributed by atoms with Gasteiger partial charge in [0.15, 0.2) is 6.61 Å². The number of amides is 1. The van der Waals surface area contributed by atoms with Gasteiger partial charge in [-0.25, -0.2) is 0 Å². The summed E-state index contributed by atoms with van der Waals surface area (Å²) in [5, 5.41) is 11.8. The minimum atomic E-state index is -0.227. The Kier molecular flexibility index (Phi) is 5.95. The lowest BCUT2D eigenvalue weighted by Gasteiger charge is -2.11. The molecule has 0 bridgehead atoms. The second-order valence-corrected chi connectivity index (χ2v) is 7.25. The first kappa shape index (κ1) is 19.5. The quantitative estimate of drug-likeness (QED) is 0.629. The molecule has 30 heavy (non-hydrogen) atoms. The predicted molar refractivity (Wildman–Crippen MR) is 115 cm³/mol. The molecule has 0 heterocycles. The molecule has 3 aromatic rings. The van der Waals surface area contributed by atoms with E-state index in [4.69, 9.17) is 14.7 Å². The third-order valence-corrected chi connectivity index (χ3v) is 5.02. The van der Waals surface area contributed by atoms with Crippen LogP contribution in [0.4, 0.5) is 5.69 Å². The molecule has 0 aromatic heterocycles. The zero-order valence-corrected chi connectivity index (χ0v) is 16.6. The Morgan fingerprint density at radius 3 is 2.67 bits per heavy atom. The zero-order chi connectivity index (χ0) is 20.8. The van der Waals surface area contributed by atoms with Gasteiger partial charge in [-0.1, -0.05) is 24.3 Å². The molecule has 5 heteroatoms. The molecular formula is C25H22N2O3. The van der Waals surface area contributed by atoms with E-state index in [-0.39, 0.29) is 12.5 Å². The summed E-state index contributed by atoms with van der Waals surface area (Å²) in [7, 11) is 0. The van der Waals surface area contributed by atoms with Crippen LogP contribution in [0.25, 0.3) is 0 Å². The Bertz CT molecular complexity index is 1100. The summed E-state index contributed by atoms with van der Waals surface area (Å²) in [4.78, 5) is 12.3. The van der Waals surface area contributed by atoms with Crippen molar-refractivity contribution in [3.63, 3.8) is 0 Å². The van der Waals surface area contributed by atoms with Crippen molar-refractivity contribution in [3.8, 4) is 17.6 Å². The Morgan fingerprint density at radius 2 is 1.77 bits per heavy atom. The number of anilines is 1. The molecule has 150 valence electrons. The van der Waals surface area contributed by atoms with Gasteiger partial charge in [0.1, 0.15) is 18.1 Å². The maximum atomic E-state index is 12.3. The fourth-order valence-electron chi connectivity index (χ4n) is 3.54. The van der Waals surface area contributed by atoms with Crippen LogP contribution in [0.3, 0.4) is 0 Å². The number of hydrogen-bond acceptors (Lipinski definition) is 4. The molecule has 0 radical (unpaired) electrons. The van der Waals surface area contributed by atoms with E-state index in [1.54, 1.807) is 24.3 Å². The summed E-state index contributed by atoms with van der Waals surface area (Å²) in [6.45, 7) is 0.291. The minimum Gasteiger partial charge on any atom is -0.489 e. The molecule has 0 atom stereocenters. The number of carbonyl (C=O) groups is 1. The highest BCUT2D eigenvalue weighted by Gasteiger charge is 2.12. The van der Waals surface area contributed by atoms with Crippen LogP contribution < -0.4 is 14.8 Å². The van der Waals surface area contributed by atoms with E-state index in [0.29, 0.717) is 23.6 Å². The number of carbonyl (C=O) groups excluding carboxylic acids is 1. The lowest BCUT2D eigenvalue weighted by atomic mass is 10.1. The van der Waals surface area contributed by atoms with Gasteiger partial charge in [0.25, 0.3) is 5.91 Å². The van der Waals surface area contributed by atoms with Crippen molar-refractivity contribution < 1.29 is 14.3 Å². The monoisotopic (exact) mass is 398 g/mol. The Morgan fingerprint density at radius 1 is 0.933 bits per heavy atom. The molecule has 1 aliphatic rings. The highest BCUT2D eigenvalue weighted by atomic mass is 16.5. The van der Waals surface area contributed by atoms with Crippen molar-refractivity contribution in [1.82, 2.24) is 0 Å². The van der Waals surface area contributed by atoms with E-state index >= 15 is 0 Å². The van der Waals surface area contributed by atoms with E-state index in [9.17, 15) is 4.79 Å². The van der Waals surface area contributed by atoms with Crippen LogP contribution in [0, 0.1) is 11.3 Å². The van der Waals surface area contributed by atoms with Gasteiger partial charge < -0.3 is 14.8 Å². The molecule has 0 unspecified atom stereocenters. The van der Waals surface area contributed by atoms with Crippen LogP contribution in [0.1, 0.15) is 28.7 Å². The van der Waals surface area contributed by atoms with Crippen molar-refractivity contribution in [1.29, 1.82) is 5.26 Å². The fraction of sp³-hybridized carbons (Fsp3) is 0.200. The largest absolute Gasteiger partial charge is 0.489 e. The van der Waals surface area contributed by atoms with Crippen molar-refractivity contribution in [2.24, 2.45) is 0 Å². The van der Waals surface area contributed by atoms with Gasteiger partial charge in [0, 0.05) is 11.8 Å². The zero-order valence-electron chi connectivity index (χ0n) is 16.6. The first-order valence-electron chi connectivity index (χ1n) is 9.96. The second kappa shape index (κ2) is 9.15. The number of fused-ring (bicyclic) bond motifs is 1. The topological polar surface area (TPSA) is 71.3 Å². The molecule has 1 aliphatic carbocycles. The Balaban J connectivity index is 1.30. The number of nitrogens with zero attached hydrogens (tertiary/aromatic N) is 1. The summed E-state index contributed by atoms with van der Waals surface area (Å²) in [6.07, 6.45) is 3.38. The maximum Gasteiger partial charge on any atom is 0.262 e. The molecular weight excluding hydrogens is 376 g/mol. The molecule has 1 N–H and O–H groups in total. The van der Waals surface area contributed by atoms with Crippen molar-refractivity contribution in [3.05, 3.63) is 89.0 Å². The standard InChI is InChI=1S/C25H22N2O3/c26-15-18-4-1-5-19(12-18)16-29-23-9-3-8-22(14-23)27-25(28)17-30-24-11-10-20-6-2-7-21(20)13-24/h1,3-5,8-14H,2,6-7,16-17H2,(H,27,28). The number of rotatable bonds is 7. The number of aryl methyl sites for hydroxylation is 2. The molecule has 0 fully saturated rings. The van der Waals surface area contributed by atoms with E-state index in [0.717, 1.165) is 24.2 Å². The Hall–Kier alpha value is -3.78. The number of nitriles is 1. The van der Waals surface area contributed by atoms with Gasteiger partial charge >= 0.3 is 0 Å². The molecule has 0 saturated heterocycles. The van der Waals surface area contributed by atoms with Gasteiger partial charge in [-0.3, -0.25) is 4.79 Å². The lowest BCUT2D eigenvalue weighted by Crippen LogP contribution is -2.20. The van der Waals surface area contributed by atoms with E-state index in [2.05, 4.69) is 17.5 Å². The Labute approximate surface area is 175 Å².